The minimum absolute atomic E-state index is 0.0800. The van der Waals surface area contributed by atoms with E-state index in [0.717, 1.165) is 16.0 Å². The quantitative estimate of drug-likeness (QED) is 0.656. The van der Waals surface area contributed by atoms with Gasteiger partial charge in [-0.15, -0.1) is 0 Å². The smallest absolute Gasteiger partial charge is 0.329 e. The topological polar surface area (TPSA) is 80.4 Å². The zero-order valence-electron chi connectivity index (χ0n) is 8.04. The molecule has 0 saturated carbocycles. The maximum atomic E-state index is 10.8. The van der Waals surface area contributed by atoms with E-state index >= 15 is 0 Å². The highest BCUT2D eigenvalue weighted by Crippen LogP contribution is 2.37. The number of nitro groups is 1. The van der Waals surface area contributed by atoms with Crippen LogP contribution in [-0.4, -0.2) is 16.0 Å². The SMILES string of the molecule is O=C(O)Cc1c([N+](=O)[O-])sc2ccccc12. The molecule has 0 aliphatic carbocycles. The first-order chi connectivity index (χ1) is 7.59. The van der Waals surface area contributed by atoms with Crippen LogP contribution < -0.4 is 0 Å². The van der Waals surface area contributed by atoms with Gasteiger partial charge in [0, 0.05) is 10.1 Å². The summed E-state index contributed by atoms with van der Waals surface area (Å²) in [5, 5.41) is 20.1. The van der Waals surface area contributed by atoms with Gasteiger partial charge in [0.05, 0.1) is 16.9 Å². The lowest BCUT2D eigenvalue weighted by Crippen LogP contribution is -2.01. The predicted molar refractivity (Wildman–Crippen MR) is 59.8 cm³/mol. The van der Waals surface area contributed by atoms with Crippen LogP contribution in [0.25, 0.3) is 10.1 Å². The molecule has 0 saturated heterocycles. The van der Waals surface area contributed by atoms with Crippen LogP contribution in [0, 0.1) is 10.1 Å². The third kappa shape index (κ3) is 1.74. The number of benzene rings is 1. The Balaban J connectivity index is 2.69. The fourth-order valence-corrected chi connectivity index (χ4v) is 2.59. The minimum atomic E-state index is -1.06. The molecule has 0 spiro atoms. The van der Waals surface area contributed by atoms with Crippen LogP contribution in [0.3, 0.4) is 0 Å². The van der Waals surface area contributed by atoms with Gasteiger partial charge in [-0.1, -0.05) is 29.5 Å². The summed E-state index contributed by atoms with van der Waals surface area (Å²) in [6, 6.07) is 6.96. The molecule has 0 radical (unpaired) electrons. The van der Waals surface area contributed by atoms with Gasteiger partial charge in [-0.2, -0.15) is 0 Å². The lowest BCUT2D eigenvalue weighted by atomic mass is 10.1. The van der Waals surface area contributed by atoms with Crippen LogP contribution in [0.1, 0.15) is 5.56 Å². The van der Waals surface area contributed by atoms with E-state index in [1.165, 1.54) is 0 Å². The largest absolute Gasteiger partial charge is 0.481 e. The van der Waals surface area contributed by atoms with E-state index in [1.807, 2.05) is 0 Å². The summed E-state index contributed by atoms with van der Waals surface area (Å²) < 4.78 is 0.741. The molecule has 16 heavy (non-hydrogen) atoms. The first-order valence-corrected chi connectivity index (χ1v) is 5.28. The lowest BCUT2D eigenvalue weighted by Gasteiger charge is -1.94. The Kier molecular flexibility index (Phi) is 2.57. The number of rotatable bonds is 3. The van der Waals surface area contributed by atoms with Gasteiger partial charge in [0.15, 0.2) is 0 Å². The number of thiophene rings is 1. The first-order valence-electron chi connectivity index (χ1n) is 4.46. The molecule has 0 atom stereocenters. The van der Waals surface area contributed by atoms with E-state index in [4.69, 9.17) is 5.11 Å². The van der Waals surface area contributed by atoms with Gasteiger partial charge < -0.3 is 5.11 Å². The molecule has 2 rings (SSSR count). The third-order valence-electron chi connectivity index (χ3n) is 2.17. The monoisotopic (exact) mass is 237 g/mol. The van der Waals surface area contributed by atoms with E-state index in [1.54, 1.807) is 24.3 Å². The Bertz CT molecular complexity index is 575. The highest BCUT2D eigenvalue weighted by atomic mass is 32.1. The molecule has 0 aliphatic heterocycles. The zero-order valence-corrected chi connectivity index (χ0v) is 8.86. The van der Waals surface area contributed by atoms with E-state index < -0.39 is 10.9 Å². The second-order valence-electron chi connectivity index (χ2n) is 3.21. The molecule has 5 nitrogen and oxygen atoms in total. The molecule has 0 bridgehead atoms. The second-order valence-corrected chi connectivity index (χ2v) is 4.24. The summed E-state index contributed by atoms with van der Waals surface area (Å²) in [6.07, 6.45) is -0.319. The van der Waals surface area contributed by atoms with Gasteiger partial charge in [0.25, 0.3) is 0 Å². The number of nitrogens with zero attached hydrogens (tertiary/aromatic N) is 1. The predicted octanol–water partition coefficient (Wildman–Crippen LogP) is 2.44. The van der Waals surface area contributed by atoms with Crippen molar-refractivity contribution in [1.82, 2.24) is 0 Å². The van der Waals surface area contributed by atoms with Crippen LogP contribution in [0.5, 0.6) is 0 Å². The van der Waals surface area contributed by atoms with Crippen LogP contribution in [0.15, 0.2) is 24.3 Å². The molecule has 1 aromatic heterocycles. The van der Waals surface area contributed by atoms with Crippen LogP contribution in [0.2, 0.25) is 0 Å². The number of carboxylic acids is 1. The minimum Gasteiger partial charge on any atom is -0.481 e. The summed E-state index contributed by atoms with van der Waals surface area (Å²) in [4.78, 5) is 20.9. The Morgan fingerprint density at radius 2 is 2.12 bits per heavy atom. The number of aliphatic carboxylic acids is 1. The van der Waals surface area contributed by atoms with Crippen molar-refractivity contribution >= 4 is 32.4 Å². The summed E-state index contributed by atoms with van der Waals surface area (Å²) in [6.45, 7) is 0. The lowest BCUT2D eigenvalue weighted by molar-refractivity contribution is -0.380. The van der Waals surface area contributed by atoms with Crippen LogP contribution >= 0.6 is 11.3 Å². The zero-order chi connectivity index (χ0) is 11.7. The number of hydrogen-bond acceptors (Lipinski definition) is 4. The summed E-state index contributed by atoms with van der Waals surface area (Å²) in [5.74, 6) is -1.06. The maximum Gasteiger partial charge on any atom is 0.329 e. The van der Waals surface area contributed by atoms with Gasteiger partial charge in [-0.25, -0.2) is 0 Å². The Hall–Kier alpha value is -1.95. The van der Waals surface area contributed by atoms with Gasteiger partial charge in [-0.3, -0.25) is 14.9 Å². The molecule has 6 heteroatoms. The Morgan fingerprint density at radius 1 is 1.44 bits per heavy atom. The molecule has 0 fully saturated rings. The van der Waals surface area contributed by atoms with Crippen molar-refractivity contribution in [3.63, 3.8) is 0 Å². The number of carboxylic acid groups (broad SMARTS) is 1. The standard InChI is InChI=1S/C10H7NO4S/c12-9(13)5-7-6-3-1-2-4-8(6)16-10(7)11(14)15/h1-4H,5H2,(H,12,13). The third-order valence-corrected chi connectivity index (χ3v) is 3.34. The molecular formula is C10H7NO4S. The van der Waals surface area contributed by atoms with E-state index in [9.17, 15) is 14.9 Å². The van der Waals surface area contributed by atoms with Gasteiger partial charge in [0.2, 0.25) is 0 Å². The number of hydrogen-bond donors (Lipinski definition) is 1. The summed E-state index contributed by atoms with van der Waals surface area (Å²) in [5.41, 5.74) is 0.290. The number of fused-ring (bicyclic) bond motifs is 1. The van der Waals surface area contributed by atoms with Crippen molar-refractivity contribution in [1.29, 1.82) is 0 Å². The van der Waals surface area contributed by atoms with Gasteiger partial charge >= 0.3 is 11.0 Å². The van der Waals surface area contributed by atoms with Crippen molar-refractivity contribution in [2.75, 3.05) is 0 Å². The van der Waals surface area contributed by atoms with Gasteiger partial charge in [0.1, 0.15) is 0 Å². The molecule has 1 heterocycles. The highest BCUT2D eigenvalue weighted by molar-refractivity contribution is 7.22. The van der Waals surface area contributed by atoms with E-state index in [-0.39, 0.29) is 17.0 Å². The molecular weight excluding hydrogens is 230 g/mol. The molecule has 82 valence electrons. The van der Waals surface area contributed by atoms with E-state index in [2.05, 4.69) is 0 Å². The van der Waals surface area contributed by atoms with Crippen molar-refractivity contribution in [2.45, 2.75) is 6.42 Å². The van der Waals surface area contributed by atoms with Crippen molar-refractivity contribution in [2.24, 2.45) is 0 Å². The number of carbonyl (C=O) groups is 1. The highest BCUT2D eigenvalue weighted by Gasteiger charge is 2.22. The molecule has 1 N–H and O–H groups in total. The van der Waals surface area contributed by atoms with Crippen molar-refractivity contribution < 1.29 is 14.8 Å². The summed E-state index contributed by atoms with van der Waals surface area (Å²) >= 11 is 1.01. The Labute approximate surface area is 94.1 Å². The molecule has 2 aromatic rings. The molecule has 1 aromatic carbocycles. The fourth-order valence-electron chi connectivity index (χ4n) is 1.56. The summed E-state index contributed by atoms with van der Waals surface area (Å²) in [7, 11) is 0. The van der Waals surface area contributed by atoms with Crippen LogP contribution in [0.4, 0.5) is 5.00 Å². The maximum absolute atomic E-state index is 10.8. The first kappa shape index (κ1) is 10.6. The van der Waals surface area contributed by atoms with Crippen molar-refractivity contribution in [3.05, 3.63) is 39.9 Å². The molecule has 0 unspecified atom stereocenters. The fraction of sp³-hybridized carbons (Fsp3) is 0.100. The Morgan fingerprint density at radius 3 is 2.75 bits per heavy atom. The molecule has 0 aliphatic rings. The van der Waals surface area contributed by atoms with Crippen molar-refractivity contribution in [3.8, 4) is 0 Å². The second kappa shape index (κ2) is 3.90. The average Bonchev–Trinajstić information content (AvgIpc) is 2.57. The normalized spacial score (nSPS) is 10.5. The average molecular weight is 237 g/mol. The van der Waals surface area contributed by atoms with E-state index in [0.29, 0.717) is 5.39 Å². The van der Waals surface area contributed by atoms with Crippen LogP contribution in [-0.2, 0) is 11.2 Å². The molecule has 0 amide bonds. The van der Waals surface area contributed by atoms with Gasteiger partial charge in [-0.05, 0) is 6.07 Å².